The number of nitrogens with zero attached hydrogens (tertiary/aromatic N) is 2. The van der Waals surface area contributed by atoms with Crippen molar-refractivity contribution in [1.82, 2.24) is 9.55 Å². The van der Waals surface area contributed by atoms with Crippen molar-refractivity contribution >= 4 is 152 Å². The molecule has 0 saturated carbocycles. The van der Waals surface area contributed by atoms with Crippen molar-refractivity contribution < 1.29 is 5.11 Å². The molecule has 276 valence electrons. The van der Waals surface area contributed by atoms with Crippen LogP contribution in [0, 0.1) is 0 Å². The Balaban J connectivity index is 1.18. The summed E-state index contributed by atoms with van der Waals surface area (Å²) in [4.78, 5) is 4.76. The van der Waals surface area contributed by atoms with Crippen LogP contribution in [-0.2, 0) is 10.6 Å². The highest BCUT2D eigenvalue weighted by atomic mass is 16.3. The lowest BCUT2D eigenvalue weighted by molar-refractivity contribution is 0.461. The molecule has 0 amide bonds. The molecule has 10 rings (SSSR count). The lowest BCUT2D eigenvalue weighted by atomic mass is 9.23. The molecule has 1 aromatic heterocycles. The van der Waals surface area contributed by atoms with Crippen molar-refractivity contribution in [1.29, 1.82) is 0 Å². The lowest BCUT2D eigenvalue weighted by Gasteiger charge is -2.41. The van der Waals surface area contributed by atoms with E-state index < -0.39 is 15.7 Å². The van der Waals surface area contributed by atoms with E-state index in [-0.39, 0.29) is 38.9 Å². The summed E-state index contributed by atoms with van der Waals surface area (Å²) in [5.74, 6) is 0.0475. The lowest BCUT2D eigenvalue weighted by Crippen LogP contribution is -2.45. The molecule has 9 aromatic rings. The number of fused-ring (bicyclic) bond motifs is 6. The third-order valence-corrected chi connectivity index (χ3v) is 13.1. The van der Waals surface area contributed by atoms with Gasteiger partial charge in [-0.05, 0) is 102 Å². The van der Waals surface area contributed by atoms with E-state index in [2.05, 4.69) is 42.5 Å². The molecule has 22 radical (unpaired) electrons. The Morgan fingerprint density at radius 3 is 1.61 bits per heavy atom. The van der Waals surface area contributed by atoms with Gasteiger partial charge in [0.25, 0.3) is 0 Å². The maximum atomic E-state index is 11.4. The third-order valence-electron chi connectivity index (χ3n) is 13.1. The largest absolute Gasteiger partial charge is 0.508 e. The standard InChI is InChI=1S/C50H27B11N2O/c1-48(2)38-35(36-39(48)46(64)45(56)44(55)42(36)53)41(52)43(54)37(40(38)51)34-29-17-5-3-15-27(29)33(28-16-4-6-18-30(28)34)25-13-9-11-23(21-25)24-12-10-14-26(22-24)63-32-20-8-7-19-31(32)62-47(63)49(57,58)50(59,60)61/h3-22,64H,1-2H3. The first kappa shape index (κ1) is 42.2. The maximum Gasteiger partial charge on any atom is 0.118 e. The van der Waals surface area contributed by atoms with Crippen molar-refractivity contribution in [3.63, 3.8) is 0 Å². The molecule has 64 heavy (non-hydrogen) atoms. The van der Waals surface area contributed by atoms with Gasteiger partial charge in [0, 0.05) is 16.7 Å². The normalized spacial score (nSPS) is 13.4. The average Bonchev–Trinajstić information content (AvgIpc) is 3.79. The number of imidazole rings is 1. The first-order valence-electron chi connectivity index (χ1n) is 20.6. The molecule has 1 heterocycles. The fraction of sp³-hybridized carbons (Fsp3) is 0.100. The number of phenolic OH excluding ortho intramolecular Hbond substituents is 1. The van der Waals surface area contributed by atoms with Crippen LogP contribution in [0.4, 0.5) is 0 Å². The number of hydrogen-bond donors (Lipinski definition) is 1. The van der Waals surface area contributed by atoms with Gasteiger partial charge in [-0.1, -0.05) is 137 Å². The van der Waals surface area contributed by atoms with E-state index in [1.54, 1.807) is 0 Å². The van der Waals surface area contributed by atoms with Crippen molar-refractivity contribution in [3.8, 4) is 55.9 Å². The molecule has 1 N–H and O–H groups in total. The highest BCUT2D eigenvalue weighted by Gasteiger charge is 2.43. The van der Waals surface area contributed by atoms with Gasteiger partial charge in [0.2, 0.25) is 0 Å². The highest BCUT2D eigenvalue weighted by Crippen LogP contribution is 2.51. The van der Waals surface area contributed by atoms with Gasteiger partial charge in [-0.15, -0.1) is 10.6 Å². The molecule has 1 aliphatic carbocycles. The Hall–Kier alpha value is -5.74. The molecule has 0 aliphatic heterocycles. The summed E-state index contributed by atoms with van der Waals surface area (Å²) in [5, 5.41) is 11.3. The van der Waals surface area contributed by atoms with E-state index in [4.69, 9.17) is 91.3 Å². The van der Waals surface area contributed by atoms with Gasteiger partial charge in [0.05, 0.1) is 50.3 Å². The van der Waals surface area contributed by atoms with Crippen LogP contribution in [0.5, 0.6) is 5.75 Å². The highest BCUT2D eigenvalue weighted by molar-refractivity contribution is 6.67. The molecular weight excluding hydrogens is 763 g/mol. The zero-order valence-corrected chi connectivity index (χ0v) is 35.2. The zero-order valence-electron chi connectivity index (χ0n) is 35.2. The minimum atomic E-state index is -1.99. The van der Waals surface area contributed by atoms with Crippen LogP contribution < -0.4 is 32.8 Å². The van der Waals surface area contributed by atoms with Crippen molar-refractivity contribution in [2.75, 3.05) is 0 Å². The van der Waals surface area contributed by atoms with Crippen LogP contribution in [0.15, 0.2) is 121 Å². The number of aromatic nitrogens is 2. The molecule has 0 fully saturated rings. The van der Waals surface area contributed by atoms with Crippen molar-refractivity contribution in [2.24, 2.45) is 0 Å². The smallest absolute Gasteiger partial charge is 0.118 e. The van der Waals surface area contributed by atoms with E-state index in [9.17, 15) is 5.11 Å². The van der Waals surface area contributed by atoms with Crippen LogP contribution in [0.25, 0.3) is 82.8 Å². The molecule has 0 saturated heterocycles. The molecular formula is C50H27B11N2O. The molecule has 14 heteroatoms. The third kappa shape index (κ3) is 5.93. The second-order valence-corrected chi connectivity index (χ2v) is 17.4. The Kier molecular flexibility index (Phi) is 9.66. The van der Waals surface area contributed by atoms with E-state index in [0.29, 0.717) is 38.8 Å². The van der Waals surface area contributed by atoms with Gasteiger partial charge in [0.15, 0.2) is 0 Å². The zero-order chi connectivity index (χ0) is 45.4. The van der Waals surface area contributed by atoms with E-state index >= 15 is 0 Å². The molecule has 8 aromatic carbocycles. The molecule has 0 atom stereocenters. The summed E-state index contributed by atoms with van der Waals surface area (Å²) >= 11 is 0. The number of rotatable bonds is 6. The van der Waals surface area contributed by atoms with Crippen molar-refractivity contribution in [3.05, 3.63) is 138 Å². The predicted molar refractivity (Wildman–Crippen MR) is 277 cm³/mol. The summed E-state index contributed by atoms with van der Waals surface area (Å²) in [6.07, 6.45) is 0. The van der Waals surface area contributed by atoms with Crippen LogP contribution in [0.3, 0.4) is 0 Å². The summed E-state index contributed by atoms with van der Waals surface area (Å²) in [6.45, 7) is 3.91. The van der Waals surface area contributed by atoms with Crippen LogP contribution in [0.2, 0.25) is 5.11 Å². The van der Waals surface area contributed by atoms with Crippen LogP contribution in [0.1, 0.15) is 30.8 Å². The van der Waals surface area contributed by atoms with Crippen molar-refractivity contribution in [2.45, 2.75) is 29.6 Å². The second kappa shape index (κ2) is 14.6. The topological polar surface area (TPSA) is 38.0 Å². The fourth-order valence-electron chi connectivity index (χ4n) is 9.92. The first-order chi connectivity index (χ1) is 30.4. The summed E-state index contributed by atoms with van der Waals surface area (Å²) < 4.78 is 1.84. The van der Waals surface area contributed by atoms with Gasteiger partial charge < -0.3 is 5.11 Å². The molecule has 1 aliphatic rings. The predicted octanol–water partition coefficient (Wildman–Crippen LogP) is 3.18. The minimum absolute atomic E-state index is 0.000245. The first-order valence-corrected chi connectivity index (χ1v) is 20.6. The van der Waals surface area contributed by atoms with Crippen LogP contribution in [-0.4, -0.2) is 101 Å². The van der Waals surface area contributed by atoms with E-state index in [1.165, 1.54) is 0 Å². The molecule has 0 bridgehead atoms. The Labute approximate surface area is 388 Å². The Bertz CT molecular complexity index is 3420. The summed E-state index contributed by atoms with van der Waals surface area (Å²) in [7, 11) is 72.3. The number of benzene rings is 8. The Morgan fingerprint density at radius 1 is 0.484 bits per heavy atom. The van der Waals surface area contributed by atoms with Gasteiger partial charge in [-0.25, -0.2) is 4.98 Å². The van der Waals surface area contributed by atoms with Gasteiger partial charge in [-0.2, -0.15) is 0 Å². The maximum absolute atomic E-state index is 11.4. The monoisotopic (exact) mass is 792 g/mol. The second-order valence-electron chi connectivity index (χ2n) is 17.4. The van der Waals surface area contributed by atoms with Crippen LogP contribution >= 0.6 is 0 Å². The number of phenols is 1. The summed E-state index contributed by atoms with van der Waals surface area (Å²) in [5.41, 5.74) is 9.95. The summed E-state index contributed by atoms with van der Waals surface area (Å²) in [6, 6.07) is 40.3. The fourth-order valence-corrected chi connectivity index (χ4v) is 9.92. The number of aromatic hydroxyl groups is 1. The van der Waals surface area contributed by atoms with Gasteiger partial charge in [-0.3, -0.25) is 4.57 Å². The quantitative estimate of drug-likeness (QED) is 0.208. The SMILES string of the molecule is [B]c1c([B])c(O)c2c(c1[B])-c1c([B])c([B])c(-c3c4ccccc4c(-c4cccc(-c5cccc(-n6c(C([B])([B])C([B])([B])[B])nc7ccccc76)c5)c4)c4ccccc34)c([B])c1C2(C)C. The minimum Gasteiger partial charge on any atom is -0.508 e. The molecule has 0 unspecified atom stereocenters. The molecule has 0 spiro atoms. The van der Waals surface area contributed by atoms with E-state index in [1.807, 2.05) is 97.3 Å². The average molecular weight is 791 g/mol. The Morgan fingerprint density at radius 2 is 0.984 bits per heavy atom. The number of hydrogen-bond acceptors (Lipinski definition) is 2. The number of para-hydroxylation sites is 2. The molecule has 3 nitrogen and oxygen atoms in total. The van der Waals surface area contributed by atoms with E-state index in [0.717, 1.165) is 60.6 Å². The van der Waals surface area contributed by atoms with Gasteiger partial charge >= 0.3 is 0 Å². The van der Waals surface area contributed by atoms with Gasteiger partial charge in [0.1, 0.15) is 58.7 Å².